The van der Waals surface area contributed by atoms with E-state index in [-0.39, 0.29) is 0 Å². The van der Waals surface area contributed by atoms with E-state index in [1.54, 1.807) is 0 Å². The molecule has 0 saturated heterocycles. The first kappa shape index (κ1) is 10.4. The first-order valence-electron chi connectivity index (χ1n) is 5.31. The number of rotatable bonds is 3. The standard InChI is InChI=1S/C11H22N2/c1-6-11-12(9(2)3)7-8-13(11)10(4)5/h7-11H,6H2,1-5H3. The zero-order valence-corrected chi connectivity index (χ0v) is 9.49. The molecule has 0 fully saturated rings. The molecule has 0 saturated carbocycles. The molecular weight excluding hydrogens is 160 g/mol. The van der Waals surface area contributed by atoms with Crippen molar-refractivity contribution in [3.05, 3.63) is 12.4 Å². The summed E-state index contributed by atoms with van der Waals surface area (Å²) in [5.74, 6) is 0. The van der Waals surface area contributed by atoms with E-state index in [1.807, 2.05) is 0 Å². The quantitative estimate of drug-likeness (QED) is 0.662. The lowest BCUT2D eigenvalue weighted by molar-refractivity contribution is 0.101. The van der Waals surface area contributed by atoms with Crippen LogP contribution in [0.2, 0.25) is 0 Å². The molecule has 1 aliphatic heterocycles. The first-order valence-corrected chi connectivity index (χ1v) is 5.31. The lowest BCUT2D eigenvalue weighted by atomic mass is 10.2. The van der Waals surface area contributed by atoms with E-state index < -0.39 is 0 Å². The molecule has 1 rings (SSSR count). The second kappa shape index (κ2) is 4.03. The van der Waals surface area contributed by atoms with Crippen LogP contribution in [0.5, 0.6) is 0 Å². The van der Waals surface area contributed by atoms with Gasteiger partial charge in [0.25, 0.3) is 0 Å². The maximum absolute atomic E-state index is 2.43. The van der Waals surface area contributed by atoms with Crippen LogP contribution in [0.4, 0.5) is 0 Å². The Morgan fingerprint density at radius 1 is 1.00 bits per heavy atom. The number of hydrogen-bond donors (Lipinski definition) is 0. The molecule has 1 aliphatic rings. The predicted molar refractivity (Wildman–Crippen MR) is 57.2 cm³/mol. The molecule has 0 aliphatic carbocycles. The van der Waals surface area contributed by atoms with Crippen molar-refractivity contribution in [3.8, 4) is 0 Å². The van der Waals surface area contributed by atoms with Gasteiger partial charge in [0.15, 0.2) is 0 Å². The molecule has 0 N–H and O–H groups in total. The highest BCUT2D eigenvalue weighted by atomic mass is 15.4. The summed E-state index contributed by atoms with van der Waals surface area (Å²) >= 11 is 0. The zero-order chi connectivity index (χ0) is 10.0. The molecule has 0 radical (unpaired) electrons. The summed E-state index contributed by atoms with van der Waals surface area (Å²) in [6, 6.07) is 1.20. The van der Waals surface area contributed by atoms with Crippen LogP contribution in [0.15, 0.2) is 12.4 Å². The maximum atomic E-state index is 2.43. The monoisotopic (exact) mass is 182 g/mol. The third-order valence-corrected chi connectivity index (χ3v) is 2.66. The van der Waals surface area contributed by atoms with Gasteiger partial charge in [-0.1, -0.05) is 6.92 Å². The minimum atomic E-state index is 0.569. The van der Waals surface area contributed by atoms with Crippen LogP contribution < -0.4 is 0 Å². The van der Waals surface area contributed by atoms with Crippen molar-refractivity contribution in [1.29, 1.82) is 0 Å². The molecule has 2 nitrogen and oxygen atoms in total. The van der Waals surface area contributed by atoms with Crippen LogP contribution in [0, 0.1) is 0 Å². The van der Waals surface area contributed by atoms with E-state index in [0.717, 1.165) is 0 Å². The minimum absolute atomic E-state index is 0.569. The van der Waals surface area contributed by atoms with E-state index in [2.05, 4.69) is 56.8 Å². The van der Waals surface area contributed by atoms with E-state index in [1.165, 1.54) is 6.42 Å². The molecular formula is C11H22N2. The summed E-state index contributed by atoms with van der Waals surface area (Å²) < 4.78 is 0. The molecule has 0 aromatic rings. The summed E-state index contributed by atoms with van der Waals surface area (Å²) in [6.07, 6.45) is 6.20. The zero-order valence-electron chi connectivity index (χ0n) is 9.49. The van der Waals surface area contributed by atoms with Gasteiger partial charge in [0.1, 0.15) is 6.17 Å². The molecule has 0 atom stereocenters. The highest BCUT2D eigenvalue weighted by Crippen LogP contribution is 2.23. The topological polar surface area (TPSA) is 6.48 Å². The molecule has 76 valence electrons. The van der Waals surface area contributed by atoms with E-state index in [4.69, 9.17) is 0 Å². The lowest BCUT2D eigenvalue weighted by Crippen LogP contribution is -2.43. The second-order valence-corrected chi connectivity index (χ2v) is 4.27. The van der Waals surface area contributed by atoms with E-state index >= 15 is 0 Å². The van der Waals surface area contributed by atoms with Crippen molar-refractivity contribution < 1.29 is 0 Å². The summed E-state index contributed by atoms with van der Waals surface area (Å²) in [6.45, 7) is 11.2. The van der Waals surface area contributed by atoms with Gasteiger partial charge in [0.05, 0.1) is 0 Å². The normalized spacial score (nSPS) is 18.4. The van der Waals surface area contributed by atoms with Crippen LogP contribution in [-0.2, 0) is 0 Å². The van der Waals surface area contributed by atoms with Crippen molar-refractivity contribution in [1.82, 2.24) is 9.80 Å². The fourth-order valence-electron chi connectivity index (χ4n) is 1.96. The molecule has 0 bridgehead atoms. The second-order valence-electron chi connectivity index (χ2n) is 4.27. The number of nitrogens with zero attached hydrogens (tertiary/aromatic N) is 2. The Morgan fingerprint density at radius 3 is 1.62 bits per heavy atom. The van der Waals surface area contributed by atoms with Crippen LogP contribution in [0.25, 0.3) is 0 Å². The van der Waals surface area contributed by atoms with Gasteiger partial charge < -0.3 is 9.80 Å². The molecule has 2 heteroatoms. The van der Waals surface area contributed by atoms with Crippen LogP contribution in [0.3, 0.4) is 0 Å². The molecule has 13 heavy (non-hydrogen) atoms. The molecule has 1 heterocycles. The largest absolute Gasteiger partial charge is 0.354 e. The summed E-state index contributed by atoms with van der Waals surface area (Å²) in [7, 11) is 0. The Kier molecular flexibility index (Phi) is 3.23. The maximum Gasteiger partial charge on any atom is 0.101 e. The molecule has 0 unspecified atom stereocenters. The van der Waals surface area contributed by atoms with E-state index in [9.17, 15) is 0 Å². The minimum Gasteiger partial charge on any atom is -0.354 e. The third-order valence-electron chi connectivity index (χ3n) is 2.66. The highest BCUT2D eigenvalue weighted by Gasteiger charge is 2.27. The Labute approximate surface area is 82.2 Å². The van der Waals surface area contributed by atoms with Gasteiger partial charge in [-0.2, -0.15) is 0 Å². The third kappa shape index (κ3) is 1.98. The average molecular weight is 182 g/mol. The highest BCUT2D eigenvalue weighted by molar-refractivity contribution is 4.99. The van der Waals surface area contributed by atoms with Gasteiger partial charge in [-0.25, -0.2) is 0 Å². The summed E-state index contributed by atoms with van der Waals surface area (Å²) in [5.41, 5.74) is 0. The van der Waals surface area contributed by atoms with Gasteiger partial charge in [0, 0.05) is 24.5 Å². The number of hydrogen-bond acceptors (Lipinski definition) is 2. The molecule has 0 aromatic heterocycles. The molecule has 0 amide bonds. The smallest absolute Gasteiger partial charge is 0.101 e. The fraction of sp³-hybridized carbons (Fsp3) is 0.818. The van der Waals surface area contributed by atoms with Crippen LogP contribution >= 0.6 is 0 Å². The predicted octanol–water partition coefficient (Wildman–Crippen LogP) is 2.63. The Bertz CT molecular complexity index is 167. The van der Waals surface area contributed by atoms with Gasteiger partial charge in [-0.05, 0) is 34.1 Å². The van der Waals surface area contributed by atoms with E-state index in [0.29, 0.717) is 18.2 Å². The summed E-state index contributed by atoms with van der Waals surface area (Å²) in [5, 5.41) is 0. The Morgan fingerprint density at radius 2 is 1.38 bits per heavy atom. The Balaban J connectivity index is 2.69. The molecule has 0 aromatic carbocycles. The van der Waals surface area contributed by atoms with Gasteiger partial charge in [-0.15, -0.1) is 0 Å². The van der Waals surface area contributed by atoms with Crippen molar-refractivity contribution >= 4 is 0 Å². The van der Waals surface area contributed by atoms with Gasteiger partial charge in [0.2, 0.25) is 0 Å². The summed E-state index contributed by atoms with van der Waals surface area (Å²) in [4.78, 5) is 4.86. The Hall–Kier alpha value is -0.660. The van der Waals surface area contributed by atoms with Crippen molar-refractivity contribution in [3.63, 3.8) is 0 Å². The van der Waals surface area contributed by atoms with Gasteiger partial charge >= 0.3 is 0 Å². The average Bonchev–Trinajstić information content (AvgIpc) is 2.46. The lowest BCUT2D eigenvalue weighted by Gasteiger charge is -2.36. The van der Waals surface area contributed by atoms with Crippen molar-refractivity contribution in [2.75, 3.05) is 0 Å². The molecule has 0 spiro atoms. The SMILES string of the molecule is CCC1N(C(C)C)C=CN1C(C)C. The van der Waals surface area contributed by atoms with Crippen molar-refractivity contribution in [2.24, 2.45) is 0 Å². The fourth-order valence-corrected chi connectivity index (χ4v) is 1.96. The van der Waals surface area contributed by atoms with Crippen molar-refractivity contribution in [2.45, 2.75) is 59.3 Å². The van der Waals surface area contributed by atoms with Crippen LogP contribution in [0.1, 0.15) is 41.0 Å². The van der Waals surface area contributed by atoms with Gasteiger partial charge in [-0.3, -0.25) is 0 Å². The first-order chi connectivity index (χ1) is 6.07. The van der Waals surface area contributed by atoms with Crippen LogP contribution in [-0.4, -0.2) is 28.0 Å².